The maximum atomic E-state index is 11.6. The minimum atomic E-state index is -0.836. The van der Waals surface area contributed by atoms with Crippen molar-refractivity contribution in [3.63, 3.8) is 0 Å². The number of nitrogens with zero attached hydrogens (tertiary/aromatic N) is 1. The summed E-state index contributed by atoms with van der Waals surface area (Å²) >= 11 is 0. The molecule has 0 saturated carbocycles. The normalized spacial score (nSPS) is 23.2. The van der Waals surface area contributed by atoms with Crippen molar-refractivity contribution < 1.29 is 28.4 Å². The zero-order valence-corrected chi connectivity index (χ0v) is 15.4. The average Bonchev–Trinajstić information content (AvgIpc) is 2.50. The summed E-state index contributed by atoms with van der Waals surface area (Å²) in [5, 5.41) is 0. The van der Waals surface area contributed by atoms with Gasteiger partial charge in [0.2, 0.25) is 0 Å². The number of ether oxygens (including phenoxy) is 2. The van der Waals surface area contributed by atoms with Gasteiger partial charge < -0.3 is 18.8 Å². The van der Waals surface area contributed by atoms with Crippen LogP contribution in [0.3, 0.4) is 0 Å². The maximum absolute atomic E-state index is 11.6. The Bertz CT molecular complexity index is 466. The Hall–Kier alpha value is -1.38. The largest absolute Gasteiger partial charge is 0.602 e. The molecule has 0 aromatic rings. The summed E-state index contributed by atoms with van der Waals surface area (Å²) < 4.78 is 21.7. The van der Waals surface area contributed by atoms with E-state index >= 15 is 0 Å². The van der Waals surface area contributed by atoms with Gasteiger partial charge in [-0.3, -0.25) is 14.5 Å². The van der Waals surface area contributed by atoms with Crippen molar-refractivity contribution in [3.8, 4) is 0 Å². The van der Waals surface area contributed by atoms with Gasteiger partial charge in [-0.05, 0) is 26.3 Å². The van der Waals surface area contributed by atoms with E-state index in [4.69, 9.17) is 18.8 Å². The van der Waals surface area contributed by atoms with Crippen molar-refractivity contribution in [2.24, 2.45) is 5.41 Å². The second kappa shape index (κ2) is 9.36. The first-order valence-corrected chi connectivity index (χ1v) is 8.80. The molecule has 0 unspecified atom stereocenters. The van der Waals surface area contributed by atoms with Crippen molar-refractivity contribution in [2.45, 2.75) is 45.7 Å². The van der Waals surface area contributed by atoms with Crippen LogP contribution in [0.25, 0.3) is 0 Å². The number of hydrogen-bond acceptors (Lipinski definition) is 7. The molecule has 2 aliphatic rings. The highest BCUT2D eigenvalue weighted by molar-refractivity contribution is 6.49. The van der Waals surface area contributed by atoms with Gasteiger partial charge in [-0.25, -0.2) is 0 Å². The number of carbonyl (C=O) groups excluding carboxylic acids is 2. The molecule has 140 valence electrons. The molecule has 2 saturated heterocycles. The zero-order chi connectivity index (χ0) is 18.3. The van der Waals surface area contributed by atoms with E-state index in [1.54, 1.807) is 11.9 Å². The Kier molecular flexibility index (Phi) is 7.46. The second-order valence-electron chi connectivity index (χ2n) is 7.44. The van der Waals surface area contributed by atoms with E-state index in [-0.39, 0.29) is 36.7 Å². The minimum absolute atomic E-state index is 0.0908. The predicted octanol–water partition coefficient (Wildman–Crippen LogP) is 1.63. The van der Waals surface area contributed by atoms with Crippen LogP contribution in [0.4, 0.5) is 0 Å². The lowest BCUT2D eigenvalue weighted by Crippen LogP contribution is -2.42. The molecule has 0 atom stereocenters. The molecule has 2 heterocycles. The van der Waals surface area contributed by atoms with Gasteiger partial charge in [-0.1, -0.05) is 26.0 Å². The molecular formula is C17H28BNO6. The molecule has 2 rings (SSSR count). The lowest BCUT2D eigenvalue weighted by Gasteiger charge is -2.34. The van der Waals surface area contributed by atoms with Crippen LogP contribution in [-0.4, -0.2) is 63.6 Å². The van der Waals surface area contributed by atoms with Crippen LogP contribution < -0.4 is 0 Å². The standard InChI is InChI=1S/C17H28BNO6/c1-17(2)12-22-16(23-13-17)8-6-4-5-7-9-18-24-14(20)10-19(3)11-15(21)25-18/h5,7,16H,4,6,8-13H2,1-3H3/b7-5+. The van der Waals surface area contributed by atoms with Crippen molar-refractivity contribution in [1.82, 2.24) is 4.90 Å². The fourth-order valence-corrected chi connectivity index (χ4v) is 2.61. The molecule has 2 fully saturated rings. The molecule has 25 heavy (non-hydrogen) atoms. The van der Waals surface area contributed by atoms with E-state index in [1.165, 1.54) is 0 Å². The highest BCUT2D eigenvalue weighted by Gasteiger charge is 2.30. The minimum Gasteiger partial charge on any atom is -0.498 e. The summed E-state index contributed by atoms with van der Waals surface area (Å²) in [5.41, 5.74) is 0.0949. The molecule has 8 heteroatoms. The number of unbranched alkanes of at least 4 members (excludes halogenated alkanes) is 1. The van der Waals surface area contributed by atoms with Crippen molar-refractivity contribution in [2.75, 3.05) is 33.4 Å². The van der Waals surface area contributed by atoms with E-state index in [0.717, 1.165) is 32.5 Å². The van der Waals surface area contributed by atoms with Crippen LogP contribution in [0.2, 0.25) is 6.32 Å². The number of carbonyl (C=O) groups is 2. The predicted molar refractivity (Wildman–Crippen MR) is 92.7 cm³/mol. The number of allylic oxidation sites excluding steroid dienone is 2. The van der Waals surface area contributed by atoms with E-state index in [9.17, 15) is 9.59 Å². The first-order valence-electron chi connectivity index (χ1n) is 8.80. The summed E-state index contributed by atoms with van der Waals surface area (Å²) in [5.74, 6) is -0.772. The summed E-state index contributed by atoms with van der Waals surface area (Å²) in [7, 11) is 0.834. The molecular weight excluding hydrogens is 325 g/mol. The summed E-state index contributed by atoms with van der Waals surface area (Å²) in [6.45, 7) is 5.88. The monoisotopic (exact) mass is 353 g/mol. The highest BCUT2D eigenvalue weighted by Crippen LogP contribution is 2.24. The smallest absolute Gasteiger partial charge is 0.498 e. The SMILES string of the molecule is CN1CC(=O)OB(C/C=C/CCCC2OCC(C)(C)CO2)OC(=O)C1. The third-order valence-electron chi connectivity index (χ3n) is 3.95. The molecule has 0 amide bonds. The molecule has 7 nitrogen and oxygen atoms in total. The van der Waals surface area contributed by atoms with Gasteiger partial charge in [-0.15, -0.1) is 0 Å². The molecule has 0 radical (unpaired) electrons. The molecule has 0 spiro atoms. The maximum Gasteiger partial charge on any atom is 0.602 e. The fraction of sp³-hybridized carbons (Fsp3) is 0.765. The Morgan fingerprint density at radius 2 is 1.72 bits per heavy atom. The van der Waals surface area contributed by atoms with Gasteiger partial charge in [0.15, 0.2) is 6.29 Å². The first-order chi connectivity index (χ1) is 11.8. The lowest BCUT2D eigenvalue weighted by atomic mass is 9.84. The molecule has 0 bridgehead atoms. The van der Waals surface area contributed by atoms with Crippen molar-refractivity contribution >= 4 is 19.1 Å². The van der Waals surface area contributed by atoms with Crippen LogP contribution in [-0.2, 0) is 28.4 Å². The zero-order valence-electron chi connectivity index (χ0n) is 15.4. The molecule has 2 aliphatic heterocycles. The van der Waals surface area contributed by atoms with Crippen LogP contribution in [0.1, 0.15) is 33.1 Å². The number of likely N-dealkylation sites (N-methyl/N-ethyl adjacent to an activating group) is 1. The van der Waals surface area contributed by atoms with Gasteiger partial charge in [0.1, 0.15) is 0 Å². The fourth-order valence-electron chi connectivity index (χ4n) is 2.61. The van der Waals surface area contributed by atoms with Crippen molar-refractivity contribution in [1.29, 1.82) is 0 Å². The average molecular weight is 353 g/mol. The molecule has 0 aromatic heterocycles. The second-order valence-corrected chi connectivity index (χ2v) is 7.44. The molecule has 0 N–H and O–H groups in total. The topological polar surface area (TPSA) is 74.3 Å². The van der Waals surface area contributed by atoms with Crippen LogP contribution >= 0.6 is 0 Å². The van der Waals surface area contributed by atoms with Gasteiger partial charge in [0.05, 0.1) is 26.3 Å². The summed E-state index contributed by atoms with van der Waals surface area (Å²) in [6.07, 6.45) is 6.78. The highest BCUT2D eigenvalue weighted by atomic mass is 16.7. The first kappa shape index (κ1) is 19.9. The Balaban J connectivity index is 1.62. The molecule has 0 aromatic carbocycles. The van der Waals surface area contributed by atoms with Gasteiger partial charge >= 0.3 is 19.1 Å². The Labute approximate surface area is 149 Å². The summed E-state index contributed by atoms with van der Waals surface area (Å²) in [6, 6.07) is 0. The van der Waals surface area contributed by atoms with Crippen LogP contribution in [0, 0.1) is 5.41 Å². The lowest BCUT2D eigenvalue weighted by molar-refractivity contribution is -0.223. The van der Waals surface area contributed by atoms with E-state index < -0.39 is 7.12 Å². The van der Waals surface area contributed by atoms with E-state index in [0.29, 0.717) is 6.32 Å². The molecule has 0 aliphatic carbocycles. The van der Waals surface area contributed by atoms with Gasteiger partial charge in [0, 0.05) is 11.7 Å². The van der Waals surface area contributed by atoms with Crippen LogP contribution in [0.15, 0.2) is 12.2 Å². The quantitative estimate of drug-likeness (QED) is 0.408. The number of rotatable bonds is 6. The van der Waals surface area contributed by atoms with E-state index in [2.05, 4.69) is 13.8 Å². The Morgan fingerprint density at radius 1 is 1.12 bits per heavy atom. The number of hydrogen-bond donors (Lipinski definition) is 0. The third-order valence-corrected chi connectivity index (χ3v) is 3.95. The van der Waals surface area contributed by atoms with Crippen LogP contribution in [0.5, 0.6) is 0 Å². The van der Waals surface area contributed by atoms with Gasteiger partial charge in [0.25, 0.3) is 0 Å². The summed E-state index contributed by atoms with van der Waals surface area (Å²) in [4.78, 5) is 24.8. The van der Waals surface area contributed by atoms with E-state index in [1.807, 2.05) is 12.2 Å². The Morgan fingerprint density at radius 3 is 2.32 bits per heavy atom. The third kappa shape index (κ3) is 7.58. The van der Waals surface area contributed by atoms with Crippen molar-refractivity contribution in [3.05, 3.63) is 12.2 Å². The van der Waals surface area contributed by atoms with Gasteiger partial charge in [-0.2, -0.15) is 0 Å².